The second kappa shape index (κ2) is 9.45. The summed E-state index contributed by atoms with van der Waals surface area (Å²) < 4.78 is 5.17. The highest BCUT2D eigenvalue weighted by atomic mass is 16.5. The zero-order valence-corrected chi connectivity index (χ0v) is 16.4. The standard InChI is InChI=1S/C23H30N2O2/c1-18-5-3-7-21(15-18)25-14-13-20(17-25)16-24-23(26)8-4-6-19-9-11-22(27-2)12-10-19/h3,5,7,9-12,15,20H,4,6,8,13-14,16-17H2,1-2H3,(H,24,26). The lowest BCUT2D eigenvalue weighted by Crippen LogP contribution is -2.30. The average molecular weight is 367 g/mol. The van der Waals surface area contributed by atoms with Crippen molar-refractivity contribution in [3.63, 3.8) is 0 Å². The Morgan fingerprint density at radius 1 is 1.22 bits per heavy atom. The van der Waals surface area contributed by atoms with E-state index in [4.69, 9.17) is 4.74 Å². The molecule has 3 rings (SSSR count). The Balaban J connectivity index is 1.34. The molecular weight excluding hydrogens is 336 g/mol. The molecule has 27 heavy (non-hydrogen) atoms. The van der Waals surface area contributed by atoms with Gasteiger partial charge in [0.15, 0.2) is 0 Å². The molecular formula is C23H30N2O2. The number of carbonyl (C=O) groups is 1. The third-order valence-corrected chi connectivity index (χ3v) is 5.27. The van der Waals surface area contributed by atoms with Gasteiger partial charge in [0.05, 0.1) is 7.11 Å². The van der Waals surface area contributed by atoms with Gasteiger partial charge in [0.2, 0.25) is 5.91 Å². The van der Waals surface area contributed by atoms with Crippen molar-refractivity contribution in [2.24, 2.45) is 5.92 Å². The molecule has 0 aromatic heterocycles. The van der Waals surface area contributed by atoms with Crippen LogP contribution < -0.4 is 15.0 Å². The summed E-state index contributed by atoms with van der Waals surface area (Å²) in [4.78, 5) is 14.6. The Hall–Kier alpha value is -2.49. The van der Waals surface area contributed by atoms with Gasteiger partial charge in [0, 0.05) is 31.7 Å². The topological polar surface area (TPSA) is 41.6 Å². The molecule has 4 nitrogen and oxygen atoms in total. The smallest absolute Gasteiger partial charge is 0.220 e. The van der Waals surface area contributed by atoms with E-state index in [2.05, 4.69) is 53.5 Å². The predicted molar refractivity (Wildman–Crippen MR) is 110 cm³/mol. The SMILES string of the molecule is COc1ccc(CCCC(=O)NCC2CCN(c3cccc(C)c3)C2)cc1. The lowest BCUT2D eigenvalue weighted by Gasteiger charge is -2.19. The molecule has 1 saturated heterocycles. The van der Waals surface area contributed by atoms with E-state index in [1.54, 1.807) is 7.11 Å². The Morgan fingerprint density at radius 3 is 2.78 bits per heavy atom. The van der Waals surface area contributed by atoms with Crippen molar-refractivity contribution in [1.29, 1.82) is 0 Å². The fourth-order valence-electron chi connectivity index (χ4n) is 3.65. The van der Waals surface area contributed by atoms with E-state index in [0.717, 1.165) is 44.6 Å². The van der Waals surface area contributed by atoms with Crippen molar-refractivity contribution in [3.05, 3.63) is 59.7 Å². The van der Waals surface area contributed by atoms with Crippen LogP contribution in [0.5, 0.6) is 5.75 Å². The maximum absolute atomic E-state index is 12.1. The van der Waals surface area contributed by atoms with E-state index in [0.29, 0.717) is 12.3 Å². The summed E-state index contributed by atoms with van der Waals surface area (Å²) >= 11 is 0. The van der Waals surface area contributed by atoms with Gasteiger partial charge in [-0.2, -0.15) is 0 Å². The third-order valence-electron chi connectivity index (χ3n) is 5.27. The Labute approximate surface area is 162 Å². The largest absolute Gasteiger partial charge is 0.497 e. The molecule has 1 heterocycles. The molecule has 1 aliphatic heterocycles. The first-order valence-electron chi connectivity index (χ1n) is 9.85. The van der Waals surface area contributed by atoms with Crippen molar-refractivity contribution in [3.8, 4) is 5.75 Å². The quantitative estimate of drug-likeness (QED) is 0.769. The number of hydrogen-bond donors (Lipinski definition) is 1. The molecule has 0 aliphatic carbocycles. The maximum atomic E-state index is 12.1. The van der Waals surface area contributed by atoms with Crippen LogP contribution in [-0.4, -0.2) is 32.7 Å². The molecule has 1 unspecified atom stereocenters. The van der Waals surface area contributed by atoms with Crippen LogP contribution >= 0.6 is 0 Å². The molecule has 2 aromatic rings. The Kier molecular flexibility index (Phi) is 6.74. The average Bonchev–Trinajstić information content (AvgIpc) is 3.16. The molecule has 0 saturated carbocycles. The fourth-order valence-corrected chi connectivity index (χ4v) is 3.65. The number of methoxy groups -OCH3 is 1. The minimum absolute atomic E-state index is 0.164. The molecule has 1 atom stereocenters. The van der Waals surface area contributed by atoms with Crippen LogP contribution in [0.1, 0.15) is 30.4 Å². The van der Waals surface area contributed by atoms with E-state index in [9.17, 15) is 4.79 Å². The lowest BCUT2D eigenvalue weighted by atomic mass is 10.1. The fraction of sp³-hybridized carbons (Fsp3) is 0.435. The molecule has 1 fully saturated rings. The van der Waals surface area contributed by atoms with Crippen LogP contribution in [-0.2, 0) is 11.2 Å². The highest BCUT2D eigenvalue weighted by Gasteiger charge is 2.23. The van der Waals surface area contributed by atoms with Crippen molar-refractivity contribution >= 4 is 11.6 Å². The monoisotopic (exact) mass is 366 g/mol. The van der Waals surface area contributed by atoms with Gasteiger partial charge in [-0.15, -0.1) is 0 Å². The second-order valence-electron chi connectivity index (χ2n) is 7.45. The van der Waals surface area contributed by atoms with Gasteiger partial charge in [-0.1, -0.05) is 24.3 Å². The van der Waals surface area contributed by atoms with Gasteiger partial charge in [-0.25, -0.2) is 0 Å². The molecule has 4 heteroatoms. The molecule has 0 bridgehead atoms. The van der Waals surface area contributed by atoms with E-state index in [-0.39, 0.29) is 5.91 Å². The highest BCUT2D eigenvalue weighted by molar-refractivity contribution is 5.75. The van der Waals surface area contributed by atoms with Crippen molar-refractivity contribution in [1.82, 2.24) is 5.32 Å². The first kappa shape index (κ1) is 19.3. The number of benzene rings is 2. The molecule has 1 N–H and O–H groups in total. The molecule has 0 spiro atoms. The minimum Gasteiger partial charge on any atom is -0.497 e. The van der Waals surface area contributed by atoms with Crippen molar-refractivity contribution in [2.45, 2.75) is 32.6 Å². The van der Waals surface area contributed by atoms with Crippen LogP contribution in [0.15, 0.2) is 48.5 Å². The van der Waals surface area contributed by atoms with E-state index in [1.165, 1.54) is 16.8 Å². The second-order valence-corrected chi connectivity index (χ2v) is 7.45. The van der Waals surface area contributed by atoms with Gasteiger partial charge in [0.25, 0.3) is 0 Å². The number of carbonyl (C=O) groups excluding carboxylic acids is 1. The first-order valence-corrected chi connectivity index (χ1v) is 9.85. The van der Waals surface area contributed by atoms with Crippen LogP contribution in [0.2, 0.25) is 0 Å². The zero-order chi connectivity index (χ0) is 19.1. The van der Waals surface area contributed by atoms with E-state index < -0.39 is 0 Å². The van der Waals surface area contributed by atoms with Crippen LogP contribution in [0.25, 0.3) is 0 Å². The summed E-state index contributed by atoms with van der Waals surface area (Å²) in [7, 11) is 1.67. The van der Waals surface area contributed by atoms with Gasteiger partial charge in [-0.05, 0) is 67.5 Å². The number of nitrogens with zero attached hydrogens (tertiary/aromatic N) is 1. The molecule has 144 valence electrons. The Bertz CT molecular complexity index is 742. The third kappa shape index (κ3) is 5.75. The number of ether oxygens (including phenoxy) is 1. The van der Waals surface area contributed by atoms with Crippen molar-refractivity contribution in [2.75, 3.05) is 31.6 Å². The summed E-state index contributed by atoms with van der Waals surface area (Å²) in [6, 6.07) is 16.7. The zero-order valence-electron chi connectivity index (χ0n) is 16.4. The van der Waals surface area contributed by atoms with Crippen molar-refractivity contribution < 1.29 is 9.53 Å². The maximum Gasteiger partial charge on any atom is 0.220 e. The summed E-state index contributed by atoms with van der Waals surface area (Å²) in [5, 5.41) is 3.13. The summed E-state index contributed by atoms with van der Waals surface area (Å²) in [5.74, 6) is 1.57. The van der Waals surface area contributed by atoms with Crippen LogP contribution in [0.4, 0.5) is 5.69 Å². The minimum atomic E-state index is 0.164. The highest BCUT2D eigenvalue weighted by Crippen LogP contribution is 2.24. The number of rotatable bonds is 8. The number of anilines is 1. The normalized spacial score (nSPS) is 16.4. The summed E-state index contributed by atoms with van der Waals surface area (Å²) in [6.07, 6.45) is 3.51. The first-order chi connectivity index (χ1) is 13.1. The predicted octanol–water partition coefficient (Wildman–Crippen LogP) is 3.97. The van der Waals surface area contributed by atoms with Crippen LogP contribution in [0, 0.1) is 12.8 Å². The summed E-state index contributed by atoms with van der Waals surface area (Å²) in [6.45, 7) is 5.00. The van der Waals surface area contributed by atoms with Gasteiger partial charge in [0.1, 0.15) is 5.75 Å². The molecule has 1 amide bonds. The summed E-state index contributed by atoms with van der Waals surface area (Å²) in [5.41, 5.74) is 3.83. The molecule has 0 radical (unpaired) electrons. The van der Waals surface area contributed by atoms with E-state index >= 15 is 0 Å². The van der Waals surface area contributed by atoms with Gasteiger partial charge < -0.3 is 15.0 Å². The number of aryl methyl sites for hydroxylation is 2. The lowest BCUT2D eigenvalue weighted by molar-refractivity contribution is -0.121. The molecule has 1 aliphatic rings. The van der Waals surface area contributed by atoms with Gasteiger partial charge in [-0.3, -0.25) is 4.79 Å². The number of amides is 1. The number of hydrogen-bond acceptors (Lipinski definition) is 3. The van der Waals surface area contributed by atoms with E-state index in [1.807, 2.05) is 12.1 Å². The Morgan fingerprint density at radius 2 is 2.04 bits per heavy atom. The van der Waals surface area contributed by atoms with Gasteiger partial charge >= 0.3 is 0 Å². The number of nitrogens with one attached hydrogen (secondary N) is 1. The van der Waals surface area contributed by atoms with Crippen LogP contribution in [0.3, 0.4) is 0 Å². The molecule has 2 aromatic carbocycles.